The molecule has 4 rings (SSSR count). The maximum atomic E-state index is 13.3. The van der Waals surface area contributed by atoms with Crippen molar-refractivity contribution >= 4 is 34.7 Å². The van der Waals surface area contributed by atoms with Crippen LogP contribution in [0.15, 0.2) is 66.0 Å². The summed E-state index contributed by atoms with van der Waals surface area (Å²) in [5.41, 5.74) is 3.62. The Labute approximate surface area is 179 Å². The quantitative estimate of drug-likeness (QED) is 0.579. The van der Waals surface area contributed by atoms with Gasteiger partial charge in [0.2, 0.25) is 5.91 Å². The van der Waals surface area contributed by atoms with Gasteiger partial charge in [0.05, 0.1) is 17.0 Å². The Hall–Kier alpha value is -3.25. The van der Waals surface area contributed by atoms with Crippen LogP contribution >= 0.6 is 11.3 Å². The Bertz CT molecular complexity index is 1070. The molecule has 1 atom stereocenters. The van der Waals surface area contributed by atoms with Crippen LogP contribution in [0.25, 0.3) is 0 Å². The normalized spacial score (nSPS) is 16.2. The van der Waals surface area contributed by atoms with Gasteiger partial charge < -0.3 is 4.90 Å². The van der Waals surface area contributed by atoms with Crippen molar-refractivity contribution in [3.8, 4) is 0 Å². The smallest absolute Gasteiger partial charge is 0.264 e. The molecular weight excluding hydrogens is 396 g/mol. The maximum Gasteiger partial charge on any atom is 0.264 e. The van der Waals surface area contributed by atoms with E-state index in [2.05, 4.69) is 0 Å². The van der Waals surface area contributed by atoms with Crippen LogP contribution in [0.1, 0.15) is 32.8 Å². The van der Waals surface area contributed by atoms with E-state index in [9.17, 15) is 14.4 Å². The van der Waals surface area contributed by atoms with Gasteiger partial charge in [-0.1, -0.05) is 53.6 Å². The molecule has 0 aliphatic carbocycles. The van der Waals surface area contributed by atoms with E-state index in [-0.39, 0.29) is 30.7 Å². The van der Waals surface area contributed by atoms with E-state index in [1.54, 1.807) is 18.2 Å². The Morgan fingerprint density at radius 1 is 1.00 bits per heavy atom. The SMILES string of the molecule is Cc1ccc(CN(C(=O)c2cccs2)C2CC(=O)N(c3ccc(C)cc3)C2=O)cc1. The predicted molar refractivity (Wildman–Crippen MR) is 117 cm³/mol. The van der Waals surface area contributed by atoms with Crippen molar-refractivity contribution in [2.75, 3.05) is 4.90 Å². The topological polar surface area (TPSA) is 57.7 Å². The molecule has 1 aromatic heterocycles. The summed E-state index contributed by atoms with van der Waals surface area (Å²) >= 11 is 1.33. The Morgan fingerprint density at radius 2 is 1.63 bits per heavy atom. The number of nitrogens with zero attached hydrogens (tertiary/aromatic N) is 2. The van der Waals surface area contributed by atoms with Gasteiger partial charge >= 0.3 is 0 Å². The van der Waals surface area contributed by atoms with Crippen molar-refractivity contribution in [1.82, 2.24) is 4.90 Å². The van der Waals surface area contributed by atoms with Gasteiger partial charge in [-0.2, -0.15) is 0 Å². The van der Waals surface area contributed by atoms with E-state index in [0.29, 0.717) is 10.6 Å². The molecule has 1 fully saturated rings. The van der Waals surface area contributed by atoms with Crippen molar-refractivity contribution in [1.29, 1.82) is 0 Å². The summed E-state index contributed by atoms with van der Waals surface area (Å²) in [6.07, 6.45) is -0.0182. The summed E-state index contributed by atoms with van der Waals surface area (Å²) < 4.78 is 0. The van der Waals surface area contributed by atoms with Gasteiger partial charge in [-0.05, 0) is 43.0 Å². The number of hydrogen-bond donors (Lipinski definition) is 0. The fraction of sp³-hybridized carbons (Fsp3) is 0.208. The van der Waals surface area contributed by atoms with Crippen LogP contribution in [0.2, 0.25) is 0 Å². The Morgan fingerprint density at radius 3 is 2.23 bits per heavy atom. The van der Waals surface area contributed by atoms with Gasteiger partial charge in [-0.25, -0.2) is 4.90 Å². The minimum Gasteiger partial charge on any atom is -0.321 e. The number of benzene rings is 2. The van der Waals surface area contributed by atoms with Crippen LogP contribution in [0.4, 0.5) is 5.69 Å². The Kier molecular flexibility index (Phi) is 5.50. The van der Waals surface area contributed by atoms with Crippen molar-refractivity contribution in [3.63, 3.8) is 0 Å². The van der Waals surface area contributed by atoms with Gasteiger partial charge in [-0.3, -0.25) is 14.4 Å². The number of rotatable bonds is 5. The predicted octanol–water partition coefficient (Wildman–Crippen LogP) is 4.34. The second-order valence-electron chi connectivity index (χ2n) is 7.52. The summed E-state index contributed by atoms with van der Waals surface area (Å²) in [5.74, 6) is -0.884. The first kappa shape index (κ1) is 20.0. The van der Waals surface area contributed by atoms with Crippen LogP contribution in [0.5, 0.6) is 0 Å². The molecule has 6 heteroatoms. The number of carbonyl (C=O) groups excluding carboxylic acids is 3. The van der Waals surface area contributed by atoms with E-state index >= 15 is 0 Å². The third-order valence-electron chi connectivity index (χ3n) is 5.26. The number of imide groups is 1. The van der Waals surface area contributed by atoms with Gasteiger partial charge in [0.1, 0.15) is 6.04 Å². The summed E-state index contributed by atoms with van der Waals surface area (Å²) in [4.78, 5) is 42.6. The van der Waals surface area contributed by atoms with Crippen molar-refractivity contribution in [2.45, 2.75) is 32.9 Å². The highest BCUT2D eigenvalue weighted by Crippen LogP contribution is 2.28. The number of aryl methyl sites for hydroxylation is 2. The highest BCUT2D eigenvalue weighted by molar-refractivity contribution is 7.12. The van der Waals surface area contributed by atoms with Crippen LogP contribution in [0.3, 0.4) is 0 Å². The molecule has 3 aromatic rings. The molecule has 152 valence electrons. The fourth-order valence-corrected chi connectivity index (χ4v) is 4.26. The van der Waals surface area contributed by atoms with E-state index in [0.717, 1.165) is 16.7 Å². The lowest BCUT2D eigenvalue weighted by Gasteiger charge is -2.27. The largest absolute Gasteiger partial charge is 0.321 e. The van der Waals surface area contributed by atoms with E-state index in [4.69, 9.17) is 0 Å². The zero-order valence-electron chi connectivity index (χ0n) is 16.9. The molecule has 3 amide bonds. The van der Waals surface area contributed by atoms with Gasteiger partial charge in [0.25, 0.3) is 11.8 Å². The first-order chi connectivity index (χ1) is 14.4. The summed E-state index contributed by atoms with van der Waals surface area (Å²) in [5, 5.41) is 1.83. The standard InChI is InChI=1S/C24H22N2O3S/c1-16-5-9-18(10-6-16)15-25(24(29)21-4-3-13-30-21)20-14-22(27)26(23(20)28)19-11-7-17(2)8-12-19/h3-13,20H,14-15H2,1-2H3. The third kappa shape index (κ3) is 3.91. The molecule has 1 aliphatic heterocycles. The Balaban J connectivity index is 1.66. The first-order valence-corrected chi connectivity index (χ1v) is 10.7. The molecule has 0 spiro atoms. The minimum absolute atomic E-state index is 0.0182. The van der Waals surface area contributed by atoms with Crippen LogP contribution in [-0.2, 0) is 16.1 Å². The molecule has 0 N–H and O–H groups in total. The summed E-state index contributed by atoms with van der Waals surface area (Å²) in [6, 6.07) is 17.8. The van der Waals surface area contributed by atoms with E-state index < -0.39 is 6.04 Å². The zero-order chi connectivity index (χ0) is 21.3. The van der Waals surface area contributed by atoms with Gasteiger partial charge in [0, 0.05) is 6.54 Å². The second kappa shape index (κ2) is 8.24. The van der Waals surface area contributed by atoms with Crippen LogP contribution < -0.4 is 4.90 Å². The lowest BCUT2D eigenvalue weighted by Crippen LogP contribution is -2.44. The molecule has 0 radical (unpaired) electrons. The second-order valence-corrected chi connectivity index (χ2v) is 8.47. The molecule has 1 aliphatic rings. The average molecular weight is 419 g/mol. The van der Waals surface area contributed by atoms with Crippen molar-refractivity contribution in [3.05, 3.63) is 87.6 Å². The molecule has 1 unspecified atom stereocenters. The number of thiophene rings is 1. The van der Waals surface area contributed by atoms with Crippen LogP contribution in [-0.4, -0.2) is 28.7 Å². The summed E-state index contributed by atoms with van der Waals surface area (Å²) in [7, 11) is 0. The van der Waals surface area contributed by atoms with Crippen molar-refractivity contribution in [2.24, 2.45) is 0 Å². The molecule has 5 nitrogen and oxygen atoms in total. The molecule has 2 heterocycles. The fourth-order valence-electron chi connectivity index (χ4n) is 3.58. The number of anilines is 1. The van der Waals surface area contributed by atoms with Gasteiger partial charge in [0.15, 0.2) is 0 Å². The number of hydrogen-bond acceptors (Lipinski definition) is 4. The van der Waals surface area contributed by atoms with E-state index in [1.165, 1.54) is 21.1 Å². The molecule has 0 bridgehead atoms. The first-order valence-electron chi connectivity index (χ1n) is 9.77. The molecule has 30 heavy (non-hydrogen) atoms. The zero-order valence-corrected chi connectivity index (χ0v) is 17.7. The average Bonchev–Trinajstić information content (AvgIpc) is 3.37. The molecule has 1 saturated heterocycles. The monoisotopic (exact) mass is 418 g/mol. The van der Waals surface area contributed by atoms with Gasteiger partial charge in [-0.15, -0.1) is 11.3 Å². The highest BCUT2D eigenvalue weighted by Gasteiger charge is 2.44. The number of amides is 3. The maximum absolute atomic E-state index is 13.3. The van der Waals surface area contributed by atoms with Crippen LogP contribution in [0, 0.1) is 13.8 Å². The third-order valence-corrected chi connectivity index (χ3v) is 6.12. The van der Waals surface area contributed by atoms with E-state index in [1.807, 2.05) is 61.7 Å². The lowest BCUT2D eigenvalue weighted by atomic mass is 10.1. The molecule has 0 saturated carbocycles. The lowest BCUT2D eigenvalue weighted by molar-refractivity contribution is -0.122. The summed E-state index contributed by atoms with van der Waals surface area (Å²) in [6.45, 7) is 4.21. The van der Waals surface area contributed by atoms with Crippen molar-refractivity contribution < 1.29 is 14.4 Å². The molecular formula is C24H22N2O3S. The molecule has 2 aromatic carbocycles. The number of carbonyl (C=O) groups is 3. The minimum atomic E-state index is -0.824. The highest BCUT2D eigenvalue weighted by atomic mass is 32.1.